The minimum absolute atomic E-state index is 0.0815. The highest BCUT2D eigenvalue weighted by Gasteiger charge is 2.34. The molecular formula is C22H25N3O5. The van der Waals surface area contributed by atoms with Gasteiger partial charge in [0.2, 0.25) is 11.8 Å². The van der Waals surface area contributed by atoms with Crippen LogP contribution in [-0.2, 0) is 16.1 Å². The van der Waals surface area contributed by atoms with Crippen molar-refractivity contribution in [3.05, 3.63) is 59.2 Å². The molecule has 1 fully saturated rings. The first-order valence-corrected chi connectivity index (χ1v) is 9.56. The van der Waals surface area contributed by atoms with Crippen molar-refractivity contribution in [3.8, 4) is 11.5 Å². The standard InChI is InChI=1S/C22H25N3O5/c1-14-4-6-15(7-5-14)12-25-13-17(11-20(25)26)22(28)24-23-21(27)16-8-9-18(29-2)19(10-16)30-3/h4-10,17H,11-13H2,1-3H3,(H,23,27)(H,24,28)/t17-/m0/s1. The van der Waals surface area contributed by atoms with E-state index in [0.29, 0.717) is 30.2 Å². The van der Waals surface area contributed by atoms with Gasteiger partial charge in [0.05, 0.1) is 20.1 Å². The predicted molar refractivity (Wildman–Crippen MR) is 110 cm³/mol. The lowest BCUT2D eigenvalue weighted by Gasteiger charge is -2.17. The summed E-state index contributed by atoms with van der Waals surface area (Å²) >= 11 is 0. The maximum absolute atomic E-state index is 12.4. The van der Waals surface area contributed by atoms with Gasteiger partial charge in [0.25, 0.3) is 5.91 Å². The molecule has 0 saturated carbocycles. The maximum atomic E-state index is 12.4. The molecule has 0 spiro atoms. The third-order valence-corrected chi connectivity index (χ3v) is 5.02. The summed E-state index contributed by atoms with van der Waals surface area (Å²) in [6, 6.07) is 12.6. The number of hydrogen-bond acceptors (Lipinski definition) is 5. The average Bonchev–Trinajstić information content (AvgIpc) is 3.13. The van der Waals surface area contributed by atoms with E-state index in [1.807, 2.05) is 31.2 Å². The number of hydrogen-bond donors (Lipinski definition) is 2. The fraction of sp³-hybridized carbons (Fsp3) is 0.318. The second-order valence-corrected chi connectivity index (χ2v) is 7.17. The van der Waals surface area contributed by atoms with Crippen LogP contribution in [0.2, 0.25) is 0 Å². The molecule has 2 aromatic carbocycles. The maximum Gasteiger partial charge on any atom is 0.269 e. The van der Waals surface area contributed by atoms with Gasteiger partial charge in [-0.15, -0.1) is 0 Å². The van der Waals surface area contributed by atoms with E-state index in [2.05, 4.69) is 10.9 Å². The Labute approximate surface area is 175 Å². The van der Waals surface area contributed by atoms with Crippen LogP contribution in [0.5, 0.6) is 11.5 Å². The molecule has 8 nitrogen and oxygen atoms in total. The molecule has 2 N–H and O–H groups in total. The van der Waals surface area contributed by atoms with Crippen molar-refractivity contribution in [3.63, 3.8) is 0 Å². The topological polar surface area (TPSA) is 97.0 Å². The number of likely N-dealkylation sites (tertiary alicyclic amines) is 1. The Morgan fingerprint density at radius 1 is 1.03 bits per heavy atom. The fourth-order valence-electron chi connectivity index (χ4n) is 3.28. The van der Waals surface area contributed by atoms with Crippen molar-refractivity contribution in [1.82, 2.24) is 15.8 Å². The second kappa shape index (κ2) is 9.30. The Morgan fingerprint density at radius 3 is 2.40 bits per heavy atom. The van der Waals surface area contributed by atoms with Crippen LogP contribution in [0.25, 0.3) is 0 Å². The molecule has 8 heteroatoms. The molecule has 158 valence electrons. The van der Waals surface area contributed by atoms with Crippen molar-refractivity contribution >= 4 is 17.7 Å². The smallest absolute Gasteiger partial charge is 0.269 e. The third-order valence-electron chi connectivity index (χ3n) is 5.02. The lowest BCUT2D eigenvalue weighted by atomic mass is 10.1. The normalized spacial score (nSPS) is 15.6. The van der Waals surface area contributed by atoms with Crippen molar-refractivity contribution < 1.29 is 23.9 Å². The Hall–Kier alpha value is -3.55. The van der Waals surface area contributed by atoms with E-state index in [4.69, 9.17) is 9.47 Å². The summed E-state index contributed by atoms with van der Waals surface area (Å²) in [7, 11) is 2.98. The number of carbonyl (C=O) groups excluding carboxylic acids is 3. The molecule has 1 heterocycles. The van der Waals surface area contributed by atoms with Crippen molar-refractivity contribution in [2.24, 2.45) is 5.92 Å². The lowest BCUT2D eigenvalue weighted by Crippen LogP contribution is -2.45. The van der Waals surface area contributed by atoms with Crippen molar-refractivity contribution in [1.29, 1.82) is 0 Å². The number of nitrogens with one attached hydrogen (secondary N) is 2. The van der Waals surface area contributed by atoms with Crippen LogP contribution in [0.15, 0.2) is 42.5 Å². The van der Waals surface area contributed by atoms with Gasteiger partial charge in [-0.05, 0) is 30.7 Å². The number of methoxy groups -OCH3 is 2. The molecule has 1 aliphatic rings. The summed E-state index contributed by atoms with van der Waals surface area (Å²) in [5.74, 6) is -0.592. The molecule has 30 heavy (non-hydrogen) atoms. The average molecular weight is 411 g/mol. The van der Waals surface area contributed by atoms with E-state index >= 15 is 0 Å². The Bertz CT molecular complexity index is 942. The SMILES string of the molecule is COc1ccc(C(=O)NNC(=O)[C@H]2CC(=O)N(Cc3ccc(C)cc3)C2)cc1OC. The second-order valence-electron chi connectivity index (χ2n) is 7.17. The quantitative estimate of drug-likeness (QED) is 0.707. The molecule has 0 bridgehead atoms. The number of carbonyl (C=O) groups is 3. The van der Waals surface area contributed by atoms with Gasteiger partial charge >= 0.3 is 0 Å². The molecule has 3 rings (SSSR count). The van der Waals surface area contributed by atoms with Crippen molar-refractivity contribution in [2.45, 2.75) is 19.9 Å². The van der Waals surface area contributed by atoms with E-state index in [1.54, 1.807) is 17.0 Å². The lowest BCUT2D eigenvalue weighted by molar-refractivity contribution is -0.129. The van der Waals surface area contributed by atoms with Crippen LogP contribution >= 0.6 is 0 Å². The summed E-state index contributed by atoms with van der Waals surface area (Å²) in [6.07, 6.45) is 0.115. The van der Waals surface area contributed by atoms with Crippen molar-refractivity contribution in [2.75, 3.05) is 20.8 Å². The number of amides is 3. The van der Waals surface area contributed by atoms with Gasteiger partial charge in [0, 0.05) is 25.1 Å². The molecule has 1 saturated heterocycles. The highest BCUT2D eigenvalue weighted by molar-refractivity contribution is 5.97. The van der Waals surface area contributed by atoms with Crippen LogP contribution in [0.1, 0.15) is 27.9 Å². The molecule has 0 radical (unpaired) electrons. The van der Waals surface area contributed by atoms with E-state index in [1.165, 1.54) is 20.3 Å². The summed E-state index contributed by atoms with van der Waals surface area (Å²) in [5.41, 5.74) is 7.26. The monoisotopic (exact) mass is 411 g/mol. The third kappa shape index (κ3) is 4.89. The van der Waals surface area contributed by atoms with E-state index in [-0.39, 0.29) is 12.3 Å². The van der Waals surface area contributed by atoms with Crippen LogP contribution in [0.3, 0.4) is 0 Å². The minimum atomic E-state index is -0.520. The predicted octanol–water partition coefficient (Wildman–Crippen LogP) is 1.82. The van der Waals surface area contributed by atoms with Gasteiger partial charge < -0.3 is 14.4 Å². The van der Waals surface area contributed by atoms with Crippen LogP contribution in [0.4, 0.5) is 0 Å². The zero-order valence-corrected chi connectivity index (χ0v) is 17.2. The molecule has 2 aromatic rings. The van der Waals surface area contributed by atoms with Gasteiger partial charge in [-0.1, -0.05) is 29.8 Å². The summed E-state index contributed by atoms with van der Waals surface area (Å²) < 4.78 is 10.3. The largest absolute Gasteiger partial charge is 0.493 e. The highest BCUT2D eigenvalue weighted by atomic mass is 16.5. The molecule has 0 aliphatic carbocycles. The molecule has 0 unspecified atom stereocenters. The summed E-state index contributed by atoms with van der Waals surface area (Å²) in [5, 5.41) is 0. The minimum Gasteiger partial charge on any atom is -0.493 e. The number of aryl methyl sites for hydroxylation is 1. The Morgan fingerprint density at radius 2 is 1.73 bits per heavy atom. The first-order chi connectivity index (χ1) is 14.4. The zero-order chi connectivity index (χ0) is 21.7. The van der Waals surface area contributed by atoms with Gasteiger partial charge in [-0.3, -0.25) is 25.2 Å². The number of benzene rings is 2. The molecule has 0 aromatic heterocycles. The van der Waals surface area contributed by atoms with Gasteiger partial charge in [0.1, 0.15) is 0 Å². The molecule has 3 amide bonds. The highest BCUT2D eigenvalue weighted by Crippen LogP contribution is 2.27. The van der Waals surface area contributed by atoms with Gasteiger partial charge in [-0.2, -0.15) is 0 Å². The van der Waals surface area contributed by atoms with E-state index < -0.39 is 17.7 Å². The van der Waals surface area contributed by atoms with Crippen LogP contribution in [-0.4, -0.2) is 43.4 Å². The number of hydrazine groups is 1. The van der Waals surface area contributed by atoms with Crippen LogP contribution < -0.4 is 20.3 Å². The van der Waals surface area contributed by atoms with Gasteiger partial charge in [0.15, 0.2) is 11.5 Å². The Kier molecular flexibility index (Phi) is 6.56. The zero-order valence-electron chi connectivity index (χ0n) is 17.2. The first-order valence-electron chi connectivity index (χ1n) is 9.56. The number of nitrogens with zero attached hydrogens (tertiary/aromatic N) is 1. The fourth-order valence-corrected chi connectivity index (χ4v) is 3.28. The van der Waals surface area contributed by atoms with E-state index in [0.717, 1.165) is 11.1 Å². The summed E-state index contributed by atoms with van der Waals surface area (Å²) in [6.45, 7) is 2.77. The first kappa shape index (κ1) is 21.2. The molecular weight excluding hydrogens is 386 g/mol. The molecule has 1 aliphatic heterocycles. The van der Waals surface area contributed by atoms with Gasteiger partial charge in [-0.25, -0.2) is 0 Å². The number of rotatable bonds is 6. The van der Waals surface area contributed by atoms with E-state index in [9.17, 15) is 14.4 Å². The Balaban J connectivity index is 1.54. The summed E-state index contributed by atoms with van der Waals surface area (Å²) in [4.78, 5) is 38.7. The molecule has 1 atom stereocenters. The van der Waals surface area contributed by atoms with Crippen LogP contribution in [0, 0.1) is 12.8 Å². The number of ether oxygens (including phenoxy) is 2.